The average molecular weight is 368 g/mol. The van der Waals surface area contributed by atoms with Gasteiger partial charge >= 0.3 is 0 Å². The van der Waals surface area contributed by atoms with Crippen molar-refractivity contribution < 1.29 is 9.90 Å². The Balaban J connectivity index is 2.56. The zero-order valence-electron chi connectivity index (χ0n) is 14.9. The van der Waals surface area contributed by atoms with Crippen LogP contribution >= 0.6 is 11.6 Å². The van der Waals surface area contributed by atoms with Crippen molar-refractivity contribution in [3.8, 4) is 17.9 Å². The third-order valence-corrected chi connectivity index (χ3v) is 4.39. The molecule has 0 spiro atoms. The normalized spacial score (nSPS) is 10.7. The predicted molar refractivity (Wildman–Crippen MR) is 100 cm³/mol. The van der Waals surface area contributed by atoms with Gasteiger partial charge in [-0.15, -0.1) is 0 Å². The first-order valence-electron chi connectivity index (χ1n) is 7.88. The number of carbonyl (C=O) groups excluding carboxylic acids is 1. The van der Waals surface area contributed by atoms with Crippen LogP contribution in [0.25, 0.3) is 0 Å². The van der Waals surface area contributed by atoms with Gasteiger partial charge in [-0.05, 0) is 42.2 Å². The van der Waals surface area contributed by atoms with Gasteiger partial charge in [-0.3, -0.25) is 4.79 Å². The van der Waals surface area contributed by atoms with E-state index >= 15 is 0 Å². The number of rotatable bonds is 2. The molecule has 1 amide bonds. The van der Waals surface area contributed by atoms with E-state index in [1.165, 1.54) is 12.1 Å². The molecule has 2 aromatic carbocycles. The molecular weight excluding hydrogens is 350 g/mol. The molecule has 0 aliphatic rings. The number of aromatic hydroxyl groups is 1. The molecule has 0 fully saturated rings. The summed E-state index contributed by atoms with van der Waals surface area (Å²) in [6, 6.07) is 10.1. The number of nitrogens with one attached hydrogen (secondary N) is 1. The summed E-state index contributed by atoms with van der Waals surface area (Å²) in [6.45, 7) is 7.28. The maximum absolute atomic E-state index is 12.8. The number of nitriles is 2. The molecule has 0 aliphatic heterocycles. The van der Waals surface area contributed by atoms with E-state index in [1.807, 2.05) is 26.8 Å². The molecule has 0 aliphatic carbocycles. The molecule has 0 unspecified atom stereocenters. The van der Waals surface area contributed by atoms with Crippen molar-refractivity contribution in [3.05, 3.63) is 57.1 Å². The Kier molecular flexibility index (Phi) is 5.25. The highest BCUT2D eigenvalue weighted by atomic mass is 35.5. The molecule has 5 nitrogen and oxygen atoms in total. The van der Waals surface area contributed by atoms with Gasteiger partial charge in [0.05, 0.1) is 27.8 Å². The first-order valence-corrected chi connectivity index (χ1v) is 8.26. The number of halogens is 1. The molecule has 0 bridgehead atoms. The van der Waals surface area contributed by atoms with Crippen LogP contribution in [0.1, 0.15) is 53.4 Å². The Morgan fingerprint density at radius 3 is 2.31 bits per heavy atom. The first-order chi connectivity index (χ1) is 12.1. The Morgan fingerprint density at radius 2 is 1.77 bits per heavy atom. The standard InChI is InChI=1S/C20H18ClN3O2/c1-11-12(9-22)8-15(20(2,3)4)18(25)17(11)19(26)24-14-5-6-16(21)13(7-14)10-23/h5-8,25H,1-4H3,(H,24,26). The predicted octanol–water partition coefficient (Wildman–Crippen LogP) is 4.65. The van der Waals surface area contributed by atoms with Crippen LogP contribution in [0, 0.1) is 29.6 Å². The van der Waals surface area contributed by atoms with Gasteiger partial charge in [-0.1, -0.05) is 32.4 Å². The summed E-state index contributed by atoms with van der Waals surface area (Å²) in [5.74, 6) is -0.713. The number of anilines is 1. The highest BCUT2D eigenvalue weighted by molar-refractivity contribution is 6.31. The van der Waals surface area contributed by atoms with Crippen LogP contribution in [0.15, 0.2) is 24.3 Å². The van der Waals surface area contributed by atoms with E-state index in [2.05, 4.69) is 11.4 Å². The second kappa shape index (κ2) is 7.07. The summed E-state index contributed by atoms with van der Waals surface area (Å²) in [7, 11) is 0. The lowest BCUT2D eigenvalue weighted by molar-refractivity contribution is 0.102. The zero-order chi connectivity index (χ0) is 19.6. The molecule has 2 N–H and O–H groups in total. The van der Waals surface area contributed by atoms with Crippen molar-refractivity contribution in [2.24, 2.45) is 0 Å². The Hall–Kier alpha value is -3.02. The fraction of sp³-hybridized carbons (Fsp3) is 0.250. The number of nitrogens with zero attached hydrogens (tertiary/aromatic N) is 2. The number of phenolic OH excluding ortho intramolecular Hbond substituents is 1. The van der Waals surface area contributed by atoms with Gasteiger partial charge in [-0.2, -0.15) is 10.5 Å². The van der Waals surface area contributed by atoms with Gasteiger partial charge in [0, 0.05) is 11.3 Å². The monoisotopic (exact) mass is 367 g/mol. The summed E-state index contributed by atoms with van der Waals surface area (Å²) >= 11 is 5.90. The Bertz CT molecular complexity index is 977. The van der Waals surface area contributed by atoms with E-state index in [4.69, 9.17) is 16.9 Å². The Morgan fingerprint density at radius 1 is 1.15 bits per heavy atom. The molecule has 0 atom stereocenters. The fourth-order valence-electron chi connectivity index (χ4n) is 2.62. The van der Waals surface area contributed by atoms with Gasteiger partial charge in [0.1, 0.15) is 11.8 Å². The van der Waals surface area contributed by atoms with E-state index in [1.54, 1.807) is 19.1 Å². The molecular formula is C20H18ClN3O2. The molecule has 0 aromatic heterocycles. The topological polar surface area (TPSA) is 96.9 Å². The fourth-order valence-corrected chi connectivity index (χ4v) is 2.78. The molecule has 132 valence electrons. The van der Waals surface area contributed by atoms with E-state index in [9.17, 15) is 15.2 Å². The van der Waals surface area contributed by atoms with Crippen molar-refractivity contribution >= 4 is 23.2 Å². The van der Waals surface area contributed by atoms with E-state index in [0.717, 1.165) is 0 Å². The number of amides is 1. The zero-order valence-corrected chi connectivity index (χ0v) is 15.7. The van der Waals surface area contributed by atoms with Crippen molar-refractivity contribution in [2.75, 3.05) is 5.32 Å². The summed E-state index contributed by atoms with van der Waals surface area (Å²) < 4.78 is 0. The molecule has 0 heterocycles. The SMILES string of the molecule is Cc1c(C#N)cc(C(C)(C)C)c(O)c1C(=O)Nc1ccc(Cl)c(C#N)c1. The molecule has 2 aromatic rings. The van der Waals surface area contributed by atoms with Crippen LogP contribution in [0.4, 0.5) is 5.69 Å². The largest absolute Gasteiger partial charge is 0.507 e. The van der Waals surface area contributed by atoms with E-state index in [0.29, 0.717) is 22.4 Å². The maximum Gasteiger partial charge on any atom is 0.259 e. The minimum Gasteiger partial charge on any atom is -0.507 e. The van der Waals surface area contributed by atoms with Gasteiger partial charge in [0.25, 0.3) is 5.91 Å². The minimum absolute atomic E-state index is 0.0439. The summed E-state index contributed by atoms with van der Waals surface area (Å²) in [6.07, 6.45) is 0. The third-order valence-electron chi connectivity index (χ3n) is 4.06. The van der Waals surface area contributed by atoms with Crippen LogP contribution in [-0.2, 0) is 5.41 Å². The van der Waals surface area contributed by atoms with Gasteiger partial charge in [-0.25, -0.2) is 0 Å². The molecule has 0 radical (unpaired) electrons. The second-order valence-corrected chi connectivity index (χ2v) is 7.35. The number of hydrogen-bond acceptors (Lipinski definition) is 4. The van der Waals surface area contributed by atoms with Crippen molar-refractivity contribution in [1.82, 2.24) is 0 Å². The van der Waals surface area contributed by atoms with Crippen LogP contribution in [0.2, 0.25) is 5.02 Å². The van der Waals surface area contributed by atoms with Crippen LogP contribution in [0.5, 0.6) is 5.75 Å². The first kappa shape index (κ1) is 19.3. The number of phenols is 1. The summed E-state index contributed by atoms with van der Waals surface area (Å²) in [5.41, 5.74) is 1.42. The van der Waals surface area contributed by atoms with E-state index in [-0.39, 0.29) is 21.9 Å². The van der Waals surface area contributed by atoms with Crippen LogP contribution in [0.3, 0.4) is 0 Å². The lowest BCUT2D eigenvalue weighted by atomic mass is 9.82. The highest BCUT2D eigenvalue weighted by Crippen LogP contribution is 2.37. The third kappa shape index (κ3) is 3.64. The van der Waals surface area contributed by atoms with Crippen molar-refractivity contribution in [3.63, 3.8) is 0 Å². The lowest BCUT2D eigenvalue weighted by Crippen LogP contribution is -2.19. The molecule has 0 saturated heterocycles. The smallest absolute Gasteiger partial charge is 0.259 e. The number of benzene rings is 2. The molecule has 2 rings (SSSR count). The number of carbonyl (C=O) groups is 1. The molecule has 6 heteroatoms. The Labute approximate surface area is 157 Å². The number of hydrogen-bond donors (Lipinski definition) is 2. The van der Waals surface area contributed by atoms with Crippen LogP contribution < -0.4 is 5.32 Å². The summed E-state index contributed by atoms with van der Waals surface area (Å²) in [4.78, 5) is 12.8. The minimum atomic E-state index is -0.561. The van der Waals surface area contributed by atoms with E-state index < -0.39 is 11.3 Å². The van der Waals surface area contributed by atoms with Gasteiger partial charge in [0.15, 0.2) is 0 Å². The highest BCUT2D eigenvalue weighted by Gasteiger charge is 2.26. The van der Waals surface area contributed by atoms with Gasteiger partial charge < -0.3 is 10.4 Å². The molecule has 0 saturated carbocycles. The van der Waals surface area contributed by atoms with Crippen molar-refractivity contribution in [1.29, 1.82) is 10.5 Å². The van der Waals surface area contributed by atoms with Gasteiger partial charge in [0.2, 0.25) is 0 Å². The molecule has 26 heavy (non-hydrogen) atoms. The van der Waals surface area contributed by atoms with Crippen molar-refractivity contribution in [2.45, 2.75) is 33.1 Å². The lowest BCUT2D eigenvalue weighted by Gasteiger charge is -2.23. The quantitative estimate of drug-likeness (QED) is 0.807. The van der Waals surface area contributed by atoms with Crippen LogP contribution in [-0.4, -0.2) is 11.0 Å². The second-order valence-electron chi connectivity index (χ2n) is 6.94. The average Bonchev–Trinajstić information content (AvgIpc) is 2.55. The summed E-state index contributed by atoms with van der Waals surface area (Å²) in [5, 5.41) is 32.0. The maximum atomic E-state index is 12.8.